The minimum atomic E-state index is -0.154. The zero-order valence-corrected chi connectivity index (χ0v) is 11.7. The molecule has 0 bridgehead atoms. The van der Waals surface area contributed by atoms with Gasteiger partial charge in [0.2, 0.25) is 0 Å². The fourth-order valence-electron chi connectivity index (χ4n) is 1.89. The molecule has 94 valence electrons. The maximum Gasteiger partial charge on any atom is 0.0683 e. The second-order valence-corrected chi connectivity index (χ2v) is 6.01. The van der Waals surface area contributed by atoms with E-state index in [-0.39, 0.29) is 11.0 Å². The number of nitriles is 1. The lowest BCUT2D eigenvalue weighted by Crippen LogP contribution is -2.39. The van der Waals surface area contributed by atoms with Crippen molar-refractivity contribution in [3.05, 3.63) is 0 Å². The Labute approximate surface area is 101 Å². The molecule has 2 heteroatoms. The highest BCUT2D eigenvalue weighted by atomic mass is 14.9. The first-order valence-corrected chi connectivity index (χ1v) is 6.49. The predicted octanol–water partition coefficient (Wildman–Crippen LogP) is 3.87. The average molecular weight is 224 g/mol. The summed E-state index contributed by atoms with van der Waals surface area (Å²) in [4.78, 5) is 0. The molecule has 0 amide bonds. The van der Waals surface area contributed by atoms with Gasteiger partial charge >= 0.3 is 0 Å². The molecule has 0 radical (unpaired) electrons. The quantitative estimate of drug-likeness (QED) is 0.635. The molecule has 0 fully saturated rings. The summed E-state index contributed by atoms with van der Waals surface area (Å²) in [6.45, 7) is 11.8. The molecule has 0 saturated carbocycles. The van der Waals surface area contributed by atoms with Gasteiger partial charge in [0.05, 0.1) is 11.5 Å². The molecule has 0 aliphatic heterocycles. The lowest BCUT2D eigenvalue weighted by molar-refractivity contribution is 0.346. The molecule has 0 aliphatic carbocycles. The van der Waals surface area contributed by atoms with E-state index < -0.39 is 0 Å². The van der Waals surface area contributed by atoms with E-state index in [9.17, 15) is 0 Å². The summed E-state index contributed by atoms with van der Waals surface area (Å²) in [7, 11) is 0. The molecule has 0 aromatic carbocycles. The molecule has 16 heavy (non-hydrogen) atoms. The minimum absolute atomic E-state index is 0.154. The number of hydrogen-bond donors (Lipinski definition) is 1. The number of nitrogens with zero attached hydrogens (tertiary/aromatic N) is 1. The van der Waals surface area contributed by atoms with Crippen LogP contribution in [0.1, 0.15) is 66.7 Å². The zero-order valence-electron chi connectivity index (χ0n) is 11.7. The number of hydrogen-bond acceptors (Lipinski definition) is 2. The molecule has 0 aliphatic rings. The Bertz CT molecular complexity index is 223. The van der Waals surface area contributed by atoms with Crippen LogP contribution in [-0.2, 0) is 0 Å². The summed E-state index contributed by atoms with van der Waals surface area (Å²) in [6, 6.07) is 2.35. The summed E-state index contributed by atoms with van der Waals surface area (Å²) in [6.07, 6.45) is 5.74. The Morgan fingerprint density at radius 2 is 1.69 bits per heavy atom. The van der Waals surface area contributed by atoms with Crippen molar-refractivity contribution >= 4 is 0 Å². The normalized spacial score (nSPS) is 12.5. The summed E-state index contributed by atoms with van der Waals surface area (Å²) >= 11 is 0. The van der Waals surface area contributed by atoms with Gasteiger partial charge in [-0.05, 0) is 53.5 Å². The van der Waals surface area contributed by atoms with E-state index in [1.54, 1.807) is 0 Å². The highest BCUT2D eigenvalue weighted by Gasteiger charge is 2.17. The van der Waals surface area contributed by atoms with E-state index in [0.717, 1.165) is 25.8 Å². The molecule has 0 saturated heterocycles. The van der Waals surface area contributed by atoms with Crippen molar-refractivity contribution in [2.75, 3.05) is 6.54 Å². The molecule has 0 aromatic rings. The first-order chi connectivity index (χ1) is 7.33. The Hall–Kier alpha value is -0.550. The van der Waals surface area contributed by atoms with Crippen LogP contribution in [-0.4, -0.2) is 12.1 Å². The molecule has 0 unspecified atom stereocenters. The highest BCUT2D eigenvalue weighted by Crippen LogP contribution is 2.21. The van der Waals surface area contributed by atoms with Crippen molar-refractivity contribution in [3.63, 3.8) is 0 Å². The first kappa shape index (κ1) is 15.4. The fraction of sp³-hybridized carbons (Fsp3) is 0.929. The van der Waals surface area contributed by atoms with Gasteiger partial charge < -0.3 is 5.32 Å². The third kappa shape index (κ3) is 7.70. The number of nitrogens with one attached hydrogen (secondary N) is 1. The molecular formula is C14H28N2. The topological polar surface area (TPSA) is 35.8 Å². The highest BCUT2D eigenvalue weighted by molar-refractivity contribution is 4.91. The molecule has 0 rings (SSSR count). The number of unbranched alkanes of at least 4 members (excludes halogenated alkanes) is 1. The summed E-state index contributed by atoms with van der Waals surface area (Å²) in [5.41, 5.74) is 0.110. The van der Waals surface area contributed by atoms with Gasteiger partial charge in [0.25, 0.3) is 0 Å². The Balaban J connectivity index is 3.59. The van der Waals surface area contributed by atoms with E-state index in [0.29, 0.717) is 0 Å². The van der Waals surface area contributed by atoms with Crippen LogP contribution >= 0.6 is 0 Å². The fourth-order valence-corrected chi connectivity index (χ4v) is 1.89. The zero-order chi connectivity index (χ0) is 12.7. The Morgan fingerprint density at radius 3 is 2.19 bits per heavy atom. The van der Waals surface area contributed by atoms with Gasteiger partial charge in [-0.1, -0.05) is 19.8 Å². The monoisotopic (exact) mass is 224 g/mol. The summed E-state index contributed by atoms with van der Waals surface area (Å²) in [5, 5.41) is 12.5. The molecule has 0 atom stereocenters. The van der Waals surface area contributed by atoms with Crippen molar-refractivity contribution in [1.29, 1.82) is 5.26 Å². The minimum Gasteiger partial charge on any atom is -0.312 e. The third-order valence-electron chi connectivity index (χ3n) is 3.01. The molecule has 0 spiro atoms. The summed E-state index contributed by atoms with van der Waals surface area (Å²) in [5.74, 6) is 0. The van der Waals surface area contributed by atoms with Crippen LogP contribution in [0, 0.1) is 16.7 Å². The standard InChI is InChI=1S/C14H28N2/c1-6-9-14(4,5)16-11-8-7-10-13(2,3)12-15/h16H,6-11H2,1-5H3. The third-order valence-corrected chi connectivity index (χ3v) is 3.01. The molecule has 0 heterocycles. The van der Waals surface area contributed by atoms with E-state index in [1.165, 1.54) is 12.8 Å². The van der Waals surface area contributed by atoms with Gasteiger partial charge in [0, 0.05) is 5.54 Å². The maximum atomic E-state index is 8.88. The van der Waals surface area contributed by atoms with Crippen LogP contribution in [0.2, 0.25) is 0 Å². The van der Waals surface area contributed by atoms with E-state index in [2.05, 4.69) is 32.2 Å². The maximum absolute atomic E-state index is 8.88. The van der Waals surface area contributed by atoms with Crippen molar-refractivity contribution in [2.45, 2.75) is 72.3 Å². The van der Waals surface area contributed by atoms with Crippen molar-refractivity contribution in [3.8, 4) is 6.07 Å². The predicted molar refractivity (Wildman–Crippen MR) is 70.2 cm³/mol. The van der Waals surface area contributed by atoms with Gasteiger partial charge in [-0.3, -0.25) is 0 Å². The van der Waals surface area contributed by atoms with Crippen LogP contribution in [0.3, 0.4) is 0 Å². The van der Waals surface area contributed by atoms with Crippen molar-refractivity contribution in [2.24, 2.45) is 5.41 Å². The van der Waals surface area contributed by atoms with Gasteiger partial charge in [-0.25, -0.2) is 0 Å². The first-order valence-electron chi connectivity index (χ1n) is 6.49. The summed E-state index contributed by atoms with van der Waals surface area (Å²) < 4.78 is 0. The molecule has 1 N–H and O–H groups in total. The van der Waals surface area contributed by atoms with Gasteiger partial charge in [-0.15, -0.1) is 0 Å². The second-order valence-electron chi connectivity index (χ2n) is 6.01. The van der Waals surface area contributed by atoms with Crippen LogP contribution in [0.5, 0.6) is 0 Å². The van der Waals surface area contributed by atoms with Crippen LogP contribution in [0.15, 0.2) is 0 Å². The lowest BCUT2D eigenvalue weighted by atomic mass is 9.89. The number of rotatable bonds is 8. The Morgan fingerprint density at radius 1 is 1.06 bits per heavy atom. The van der Waals surface area contributed by atoms with Crippen LogP contribution in [0.4, 0.5) is 0 Å². The average Bonchev–Trinajstić information content (AvgIpc) is 2.17. The van der Waals surface area contributed by atoms with Crippen molar-refractivity contribution < 1.29 is 0 Å². The van der Waals surface area contributed by atoms with E-state index >= 15 is 0 Å². The molecule has 2 nitrogen and oxygen atoms in total. The molecular weight excluding hydrogens is 196 g/mol. The van der Waals surface area contributed by atoms with Crippen LogP contribution in [0.25, 0.3) is 0 Å². The van der Waals surface area contributed by atoms with Gasteiger partial charge in [-0.2, -0.15) is 5.26 Å². The largest absolute Gasteiger partial charge is 0.312 e. The molecule has 0 aromatic heterocycles. The van der Waals surface area contributed by atoms with Crippen LogP contribution < -0.4 is 5.32 Å². The SMILES string of the molecule is CCCC(C)(C)NCCCCC(C)(C)C#N. The van der Waals surface area contributed by atoms with Gasteiger partial charge in [0.1, 0.15) is 0 Å². The second kappa shape index (κ2) is 6.91. The smallest absolute Gasteiger partial charge is 0.0683 e. The lowest BCUT2D eigenvalue weighted by Gasteiger charge is -2.26. The van der Waals surface area contributed by atoms with Crippen molar-refractivity contribution in [1.82, 2.24) is 5.32 Å². The van der Waals surface area contributed by atoms with Gasteiger partial charge in [0.15, 0.2) is 0 Å². The Kier molecular flexibility index (Phi) is 6.67. The van der Waals surface area contributed by atoms with E-state index in [4.69, 9.17) is 5.26 Å². The van der Waals surface area contributed by atoms with E-state index in [1.807, 2.05) is 13.8 Å².